The molecule has 1 N–H and O–H groups in total. The number of carbonyl (C=O) groups excluding carboxylic acids is 2. The van der Waals surface area contributed by atoms with Crippen LogP contribution in [0.1, 0.15) is 23.7 Å². The standard InChI is InChI=1S/C19H18ClFN2O2/c1-12(24)22-16-8-9-23(11-16)19(25)14-4-2-13(3-5-14)17-7-6-15(20)10-18(17)21/h2-7,10,16H,8-9,11H2,1H3,(H,22,24). The molecule has 0 saturated carbocycles. The second kappa shape index (κ2) is 7.23. The Labute approximate surface area is 150 Å². The van der Waals surface area contributed by atoms with Crippen molar-refractivity contribution in [2.75, 3.05) is 13.1 Å². The SMILES string of the molecule is CC(=O)NC1CCN(C(=O)c2ccc(-c3ccc(Cl)cc3F)cc2)C1. The van der Waals surface area contributed by atoms with Gasteiger partial charge in [-0.15, -0.1) is 0 Å². The quantitative estimate of drug-likeness (QED) is 0.910. The number of carbonyl (C=O) groups is 2. The van der Waals surface area contributed by atoms with Gasteiger partial charge >= 0.3 is 0 Å². The fourth-order valence-electron chi connectivity index (χ4n) is 3.05. The number of likely N-dealkylation sites (tertiary alicyclic amines) is 1. The lowest BCUT2D eigenvalue weighted by atomic mass is 10.0. The van der Waals surface area contributed by atoms with E-state index in [2.05, 4.69) is 5.32 Å². The fourth-order valence-corrected chi connectivity index (χ4v) is 3.21. The maximum absolute atomic E-state index is 14.0. The Morgan fingerprint density at radius 2 is 1.92 bits per heavy atom. The van der Waals surface area contributed by atoms with E-state index in [1.165, 1.54) is 13.0 Å². The normalized spacial score (nSPS) is 16.8. The molecule has 2 aromatic carbocycles. The van der Waals surface area contributed by atoms with Crippen LogP contribution in [0.3, 0.4) is 0 Å². The number of halogens is 2. The van der Waals surface area contributed by atoms with E-state index in [-0.39, 0.29) is 17.9 Å². The minimum absolute atomic E-state index is 0.00360. The van der Waals surface area contributed by atoms with Crippen molar-refractivity contribution in [2.45, 2.75) is 19.4 Å². The van der Waals surface area contributed by atoms with Crippen LogP contribution in [-0.2, 0) is 4.79 Å². The predicted octanol–water partition coefficient (Wildman–Crippen LogP) is 3.50. The van der Waals surface area contributed by atoms with Gasteiger partial charge in [0.25, 0.3) is 5.91 Å². The number of amides is 2. The predicted molar refractivity (Wildman–Crippen MR) is 95.0 cm³/mol. The van der Waals surface area contributed by atoms with Crippen LogP contribution in [0.15, 0.2) is 42.5 Å². The topological polar surface area (TPSA) is 49.4 Å². The van der Waals surface area contributed by atoms with E-state index in [4.69, 9.17) is 11.6 Å². The van der Waals surface area contributed by atoms with E-state index in [1.807, 2.05) is 0 Å². The van der Waals surface area contributed by atoms with Crippen LogP contribution in [0.5, 0.6) is 0 Å². The van der Waals surface area contributed by atoms with Crippen LogP contribution < -0.4 is 5.32 Å². The molecule has 1 atom stereocenters. The number of nitrogens with one attached hydrogen (secondary N) is 1. The molecule has 1 unspecified atom stereocenters. The molecule has 1 fully saturated rings. The maximum Gasteiger partial charge on any atom is 0.253 e. The van der Waals surface area contributed by atoms with Crippen LogP contribution in [0.2, 0.25) is 5.02 Å². The van der Waals surface area contributed by atoms with Gasteiger partial charge < -0.3 is 10.2 Å². The van der Waals surface area contributed by atoms with Gasteiger partial charge in [0.15, 0.2) is 0 Å². The average Bonchev–Trinajstić information content (AvgIpc) is 3.02. The van der Waals surface area contributed by atoms with Gasteiger partial charge in [0.05, 0.1) is 0 Å². The lowest BCUT2D eigenvalue weighted by molar-refractivity contribution is -0.119. The first kappa shape index (κ1) is 17.4. The van der Waals surface area contributed by atoms with Crippen LogP contribution in [-0.4, -0.2) is 35.8 Å². The Bertz CT molecular complexity index is 808. The van der Waals surface area contributed by atoms with E-state index in [1.54, 1.807) is 41.3 Å². The summed E-state index contributed by atoms with van der Waals surface area (Å²) < 4.78 is 14.0. The van der Waals surface area contributed by atoms with Gasteiger partial charge in [-0.1, -0.05) is 23.7 Å². The van der Waals surface area contributed by atoms with Gasteiger partial charge in [0.2, 0.25) is 5.91 Å². The molecule has 1 aliphatic heterocycles. The summed E-state index contributed by atoms with van der Waals surface area (Å²) in [5.74, 6) is -0.575. The van der Waals surface area contributed by atoms with Crippen molar-refractivity contribution in [3.8, 4) is 11.1 Å². The van der Waals surface area contributed by atoms with Gasteiger partial charge in [-0.05, 0) is 42.3 Å². The minimum Gasteiger partial charge on any atom is -0.352 e. The molecule has 130 valence electrons. The van der Waals surface area contributed by atoms with Crippen LogP contribution in [0.25, 0.3) is 11.1 Å². The minimum atomic E-state index is -0.399. The molecule has 0 radical (unpaired) electrons. The highest BCUT2D eigenvalue weighted by atomic mass is 35.5. The first-order valence-electron chi connectivity index (χ1n) is 8.06. The van der Waals surface area contributed by atoms with Gasteiger partial charge in [0.1, 0.15) is 5.82 Å². The third kappa shape index (κ3) is 3.99. The second-order valence-corrected chi connectivity index (χ2v) is 6.58. The van der Waals surface area contributed by atoms with Crippen molar-refractivity contribution in [1.29, 1.82) is 0 Å². The number of hydrogen-bond donors (Lipinski definition) is 1. The highest BCUT2D eigenvalue weighted by Crippen LogP contribution is 2.26. The summed E-state index contributed by atoms with van der Waals surface area (Å²) in [5, 5.41) is 3.18. The molecular formula is C19H18ClFN2O2. The Balaban J connectivity index is 1.72. The number of hydrogen-bond acceptors (Lipinski definition) is 2. The van der Waals surface area contributed by atoms with Crippen LogP contribution in [0, 0.1) is 5.82 Å². The summed E-state index contributed by atoms with van der Waals surface area (Å²) in [4.78, 5) is 25.4. The van der Waals surface area contributed by atoms with E-state index in [9.17, 15) is 14.0 Å². The summed E-state index contributed by atoms with van der Waals surface area (Å²) in [6, 6.07) is 11.3. The molecule has 2 aromatic rings. The largest absolute Gasteiger partial charge is 0.352 e. The summed E-state index contributed by atoms with van der Waals surface area (Å²) >= 11 is 5.77. The molecule has 1 saturated heterocycles. The molecule has 1 aliphatic rings. The highest BCUT2D eigenvalue weighted by Gasteiger charge is 2.27. The summed E-state index contributed by atoms with van der Waals surface area (Å²) in [5.41, 5.74) is 1.67. The third-order valence-electron chi connectivity index (χ3n) is 4.26. The third-order valence-corrected chi connectivity index (χ3v) is 4.49. The Hall–Kier alpha value is -2.40. The van der Waals surface area contributed by atoms with Gasteiger partial charge in [-0.2, -0.15) is 0 Å². The van der Waals surface area contributed by atoms with Crippen LogP contribution >= 0.6 is 11.6 Å². The molecule has 3 rings (SSSR count). The molecular weight excluding hydrogens is 343 g/mol. The van der Waals surface area contributed by atoms with Gasteiger partial charge in [-0.3, -0.25) is 9.59 Å². The molecule has 6 heteroatoms. The molecule has 2 amide bonds. The zero-order valence-corrected chi connectivity index (χ0v) is 14.5. The highest BCUT2D eigenvalue weighted by molar-refractivity contribution is 6.30. The fraction of sp³-hybridized carbons (Fsp3) is 0.263. The van der Waals surface area contributed by atoms with Crippen molar-refractivity contribution in [1.82, 2.24) is 10.2 Å². The van der Waals surface area contributed by atoms with Gasteiger partial charge in [0, 0.05) is 42.2 Å². The van der Waals surface area contributed by atoms with E-state index in [0.29, 0.717) is 34.8 Å². The molecule has 0 spiro atoms. The molecule has 0 aromatic heterocycles. The first-order chi connectivity index (χ1) is 11.9. The second-order valence-electron chi connectivity index (χ2n) is 6.14. The molecule has 0 aliphatic carbocycles. The molecule has 4 nitrogen and oxygen atoms in total. The average molecular weight is 361 g/mol. The maximum atomic E-state index is 14.0. The van der Waals surface area contributed by atoms with Crippen molar-refractivity contribution in [3.63, 3.8) is 0 Å². The number of rotatable bonds is 3. The van der Waals surface area contributed by atoms with Crippen molar-refractivity contribution in [2.24, 2.45) is 0 Å². The van der Waals surface area contributed by atoms with E-state index < -0.39 is 5.82 Å². The number of benzene rings is 2. The summed E-state index contributed by atoms with van der Waals surface area (Å²) in [7, 11) is 0. The zero-order chi connectivity index (χ0) is 18.0. The lowest BCUT2D eigenvalue weighted by Crippen LogP contribution is -2.37. The molecule has 0 bridgehead atoms. The zero-order valence-electron chi connectivity index (χ0n) is 13.8. The van der Waals surface area contributed by atoms with Crippen molar-refractivity contribution in [3.05, 3.63) is 58.9 Å². The summed E-state index contributed by atoms with van der Waals surface area (Å²) in [6.07, 6.45) is 0.749. The number of nitrogens with zero attached hydrogens (tertiary/aromatic N) is 1. The smallest absolute Gasteiger partial charge is 0.253 e. The van der Waals surface area contributed by atoms with E-state index >= 15 is 0 Å². The van der Waals surface area contributed by atoms with Crippen molar-refractivity contribution >= 4 is 23.4 Å². The molecule has 1 heterocycles. The van der Waals surface area contributed by atoms with Crippen LogP contribution in [0.4, 0.5) is 4.39 Å². The Morgan fingerprint density at radius 1 is 1.20 bits per heavy atom. The lowest BCUT2D eigenvalue weighted by Gasteiger charge is -2.17. The summed E-state index contributed by atoms with van der Waals surface area (Å²) in [6.45, 7) is 2.59. The van der Waals surface area contributed by atoms with Gasteiger partial charge in [-0.25, -0.2) is 4.39 Å². The van der Waals surface area contributed by atoms with Crippen molar-refractivity contribution < 1.29 is 14.0 Å². The first-order valence-corrected chi connectivity index (χ1v) is 8.43. The Kier molecular flexibility index (Phi) is 5.04. The molecule has 25 heavy (non-hydrogen) atoms. The van der Waals surface area contributed by atoms with E-state index in [0.717, 1.165) is 6.42 Å². The Morgan fingerprint density at radius 3 is 2.56 bits per heavy atom. The monoisotopic (exact) mass is 360 g/mol.